The zero-order chi connectivity index (χ0) is 16.1. The van der Waals surface area contributed by atoms with Gasteiger partial charge >= 0.3 is 0 Å². The first kappa shape index (κ1) is 17.7. The van der Waals surface area contributed by atoms with Crippen molar-refractivity contribution in [2.75, 3.05) is 17.2 Å². The molecule has 0 saturated carbocycles. The maximum Gasteiger partial charge on any atom is 0.138 e. The zero-order valence-corrected chi connectivity index (χ0v) is 14.8. The molecule has 0 bridgehead atoms. The van der Waals surface area contributed by atoms with E-state index in [-0.39, 0.29) is 11.0 Å². The van der Waals surface area contributed by atoms with Gasteiger partial charge in [0, 0.05) is 23.6 Å². The molecule has 4 nitrogen and oxygen atoms in total. The number of nitrogens with one attached hydrogen (secondary N) is 2. The van der Waals surface area contributed by atoms with Crippen LogP contribution in [0.25, 0.3) is 0 Å². The molecule has 0 unspecified atom stereocenters. The fourth-order valence-electron chi connectivity index (χ4n) is 2.41. The highest BCUT2D eigenvalue weighted by molar-refractivity contribution is 5.49. The average Bonchev–Trinajstić information content (AvgIpc) is 2.44. The Morgan fingerprint density at radius 1 is 0.905 bits per heavy atom. The summed E-state index contributed by atoms with van der Waals surface area (Å²) in [5.41, 5.74) is 0.0577. The summed E-state index contributed by atoms with van der Waals surface area (Å²) in [4.78, 5) is 9.39. The lowest BCUT2D eigenvalue weighted by Gasteiger charge is -2.33. The van der Waals surface area contributed by atoms with Gasteiger partial charge < -0.3 is 10.6 Å². The monoisotopic (exact) mass is 292 g/mol. The van der Waals surface area contributed by atoms with E-state index in [0.29, 0.717) is 0 Å². The molecule has 1 rings (SSSR count). The molecule has 0 amide bonds. The molecule has 0 fully saturated rings. The van der Waals surface area contributed by atoms with E-state index >= 15 is 0 Å². The van der Waals surface area contributed by atoms with Crippen LogP contribution in [0.3, 0.4) is 0 Å². The zero-order valence-electron chi connectivity index (χ0n) is 14.8. The van der Waals surface area contributed by atoms with Gasteiger partial charge in [0.1, 0.15) is 17.5 Å². The average molecular weight is 292 g/mol. The fourth-order valence-corrected chi connectivity index (χ4v) is 2.41. The Labute approximate surface area is 130 Å². The topological polar surface area (TPSA) is 49.8 Å². The lowest BCUT2D eigenvalue weighted by atomic mass is 9.90. The Bertz CT molecular complexity index is 436. The highest BCUT2D eigenvalue weighted by Gasteiger charge is 2.25. The maximum absolute atomic E-state index is 4.75. The molecule has 0 atom stereocenters. The van der Waals surface area contributed by atoms with Gasteiger partial charge in [-0.25, -0.2) is 9.97 Å². The van der Waals surface area contributed by atoms with Crippen LogP contribution in [0, 0.1) is 0 Å². The summed E-state index contributed by atoms with van der Waals surface area (Å²) in [6.07, 6.45) is 3.27. The van der Waals surface area contributed by atoms with Crippen molar-refractivity contribution in [3.8, 4) is 0 Å². The second kappa shape index (κ2) is 7.10. The molecule has 120 valence electrons. The van der Waals surface area contributed by atoms with Gasteiger partial charge in [-0.15, -0.1) is 0 Å². The van der Waals surface area contributed by atoms with Crippen molar-refractivity contribution in [3.63, 3.8) is 0 Å². The molecule has 0 aliphatic carbocycles. The van der Waals surface area contributed by atoms with Gasteiger partial charge in [0.05, 0.1) is 0 Å². The standard InChI is InChI=1S/C17H32N4/c1-8-17(9-2,10-3)21-14-12-13(18-11-4)19-15(20-14)16(5,6)7/h12H,8-11H2,1-7H3,(H2,18,19,20,21). The number of anilines is 2. The summed E-state index contributed by atoms with van der Waals surface area (Å²) >= 11 is 0. The van der Waals surface area contributed by atoms with Crippen molar-refractivity contribution >= 4 is 11.6 Å². The van der Waals surface area contributed by atoms with E-state index in [9.17, 15) is 0 Å². The van der Waals surface area contributed by atoms with Crippen LogP contribution >= 0.6 is 0 Å². The number of hydrogen-bond donors (Lipinski definition) is 2. The summed E-state index contributed by atoms with van der Waals surface area (Å²) in [7, 11) is 0. The predicted octanol–water partition coefficient (Wildman–Crippen LogP) is 4.59. The minimum atomic E-state index is -0.0604. The van der Waals surface area contributed by atoms with Gasteiger partial charge in [0.25, 0.3) is 0 Å². The molecule has 0 aromatic carbocycles. The molecule has 1 aromatic rings. The normalized spacial score (nSPS) is 12.3. The lowest BCUT2D eigenvalue weighted by Crippen LogP contribution is -2.36. The van der Waals surface area contributed by atoms with Crippen LogP contribution in [0.4, 0.5) is 11.6 Å². The third-order valence-electron chi connectivity index (χ3n) is 4.18. The van der Waals surface area contributed by atoms with E-state index in [2.05, 4.69) is 64.1 Å². The van der Waals surface area contributed by atoms with Gasteiger partial charge in [0.2, 0.25) is 0 Å². The van der Waals surface area contributed by atoms with Crippen LogP contribution < -0.4 is 10.6 Å². The van der Waals surface area contributed by atoms with Gasteiger partial charge in [-0.05, 0) is 26.2 Å². The Kier molecular flexibility index (Phi) is 5.99. The van der Waals surface area contributed by atoms with Gasteiger partial charge in [-0.2, -0.15) is 0 Å². The van der Waals surface area contributed by atoms with Crippen molar-refractivity contribution in [3.05, 3.63) is 11.9 Å². The number of rotatable bonds is 7. The first-order valence-corrected chi connectivity index (χ1v) is 8.21. The molecule has 0 aliphatic heterocycles. The van der Waals surface area contributed by atoms with Gasteiger partial charge in [0.15, 0.2) is 0 Å². The number of hydrogen-bond acceptors (Lipinski definition) is 4. The third kappa shape index (κ3) is 4.58. The summed E-state index contributed by atoms with van der Waals surface area (Å²) in [6, 6.07) is 2.02. The molecular formula is C17H32N4. The van der Waals surface area contributed by atoms with E-state index < -0.39 is 0 Å². The Hall–Kier alpha value is -1.32. The lowest BCUT2D eigenvalue weighted by molar-refractivity contribution is 0.418. The van der Waals surface area contributed by atoms with Crippen LogP contribution in [-0.4, -0.2) is 22.1 Å². The Balaban J connectivity index is 3.19. The van der Waals surface area contributed by atoms with Crippen molar-refractivity contribution < 1.29 is 0 Å². The van der Waals surface area contributed by atoms with Crippen molar-refractivity contribution in [2.45, 2.75) is 78.7 Å². The van der Waals surface area contributed by atoms with E-state index in [1.54, 1.807) is 0 Å². The summed E-state index contributed by atoms with van der Waals surface area (Å²) < 4.78 is 0. The van der Waals surface area contributed by atoms with E-state index in [1.807, 2.05) is 6.07 Å². The second-order valence-corrected chi connectivity index (χ2v) is 6.71. The molecular weight excluding hydrogens is 260 g/mol. The molecule has 21 heavy (non-hydrogen) atoms. The maximum atomic E-state index is 4.75. The Morgan fingerprint density at radius 2 is 1.43 bits per heavy atom. The van der Waals surface area contributed by atoms with Crippen LogP contribution in [0.15, 0.2) is 6.07 Å². The minimum absolute atomic E-state index is 0.0604. The third-order valence-corrected chi connectivity index (χ3v) is 4.18. The van der Waals surface area contributed by atoms with Crippen LogP contribution in [0.5, 0.6) is 0 Å². The Morgan fingerprint density at radius 3 is 1.86 bits per heavy atom. The van der Waals surface area contributed by atoms with E-state index in [0.717, 1.165) is 43.3 Å². The minimum Gasteiger partial charge on any atom is -0.370 e. The van der Waals surface area contributed by atoms with Gasteiger partial charge in [-0.3, -0.25) is 0 Å². The molecule has 0 saturated heterocycles. The van der Waals surface area contributed by atoms with Crippen LogP contribution in [-0.2, 0) is 5.41 Å². The smallest absolute Gasteiger partial charge is 0.138 e. The molecule has 1 aromatic heterocycles. The highest BCUT2D eigenvalue weighted by Crippen LogP contribution is 2.28. The second-order valence-electron chi connectivity index (χ2n) is 6.71. The number of aromatic nitrogens is 2. The molecule has 0 radical (unpaired) electrons. The molecule has 0 aliphatic rings. The van der Waals surface area contributed by atoms with E-state index in [4.69, 9.17) is 4.98 Å². The molecule has 0 spiro atoms. The van der Waals surface area contributed by atoms with Crippen molar-refractivity contribution in [1.29, 1.82) is 0 Å². The van der Waals surface area contributed by atoms with E-state index in [1.165, 1.54) is 0 Å². The van der Waals surface area contributed by atoms with Gasteiger partial charge in [-0.1, -0.05) is 41.5 Å². The van der Waals surface area contributed by atoms with Crippen molar-refractivity contribution in [1.82, 2.24) is 9.97 Å². The predicted molar refractivity (Wildman–Crippen MR) is 92.1 cm³/mol. The molecule has 4 heteroatoms. The largest absolute Gasteiger partial charge is 0.370 e. The van der Waals surface area contributed by atoms with Crippen LogP contribution in [0.2, 0.25) is 0 Å². The first-order chi connectivity index (χ1) is 9.80. The molecule has 1 heterocycles. The first-order valence-electron chi connectivity index (χ1n) is 8.21. The summed E-state index contributed by atoms with van der Waals surface area (Å²) in [6.45, 7) is 16.1. The summed E-state index contributed by atoms with van der Waals surface area (Å²) in [5, 5.41) is 6.97. The van der Waals surface area contributed by atoms with Crippen LogP contribution in [0.1, 0.15) is 73.6 Å². The van der Waals surface area contributed by atoms with Crippen molar-refractivity contribution in [2.24, 2.45) is 0 Å². The molecule has 2 N–H and O–H groups in total. The SMILES string of the molecule is CCNc1cc(NC(CC)(CC)CC)nc(C(C)(C)C)n1. The number of nitrogens with zero attached hydrogens (tertiary/aromatic N) is 2. The highest BCUT2D eigenvalue weighted by atomic mass is 15.1. The quantitative estimate of drug-likeness (QED) is 0.772. The summed E-state index contributed by atoms with van der Waals surface area (Å²) in [5.74, 6) is 2.70. The fraction of sp³-hybridized carbons (Fsp3) is 0.765.